The molecule has 0 saturated carbocycles. The van der Waals surface area contributed by atoms with Gasteiger partial charge in [0.2, 0.25) is 0 Å². The summed E-state index contributed by atoms with van der Waals surface area (Å²) in [6, 6.07) is 13.4. The average molecular weight is 426 g/mol. The summed E-state index contributed by atoms with van der Waals surface area (Å²) in [4.78, 5) is 15.3. The van der Waals surface area contributed by atoms with E-state index in [1.807, 2.05) is 24.3 Å². The van der Waals surface area contributed by atoms with E-state index < -0.39 is 16.2 Å². The molecule has 0 spiro atoms. The van der Waals surface area contributed by atoms with Crippen LogP contribution in [0.5, 0.6) is 0 Å². The van der Waals surface area contributed by atoms with E-state index >= 15 is 0 Å². The Bertz CT molecular complexity index is 1250. The van der Waals surface area contributed by atoms with Crippen LogP contribution in [-0.4, -0.2) is 48.2 Å². The molecule has 0 radical (unpaired) electrons. The summed E-state index contributed by atoms with van der Waals surface area (Å²) < 4.78 is 34.8. The number of esters is 1. The number of nitrogens with one attached hydrogen (secondary N) is 1. The second kappa shape index (κ2) is 7.23. The third kappa shape index (κ3) is 3.12. The number of rotatable bonds is 3. The maximum atomic E-state index is 13.4. The van der Waals surface area contributed by atoms with Crippen LogP contribution in [0, 0.1) is 0 Å². The van der Waals surface area contributed by atoms with E-state index in [2.05, 4.69) is 11.1 Å². The first kappa shape index (κ1) is 19.3. The SMILES string of the molecule is COC(=O)c1ccc2[nH]c3c(c2c1)CN(S(=O)(=O)N1CCc2ccccc2C1)CC3. The maximum Gasteiger partial charge on any atom is 0.337 e. The monoisotopic (exact) mass is 425 g/mol. The van der Waals surface area contributed by atoms with Crippen molar-refractivity contribution in [3.8, 4) is 0 Å². The Morgan fingerprint density at radius 1 is 1.00 bits per heavy atom. The van der Waals surface area contributed by atoms with Gasteiger partial charge in [-0.2, -0.15) is 17.0 Å². The van der Waals surface area contributed by atoms with Gasteiger partial charge in [0.05, 0.1) is 12.7 Å². The summed E-state index contributed by atoms with van der Waals surface area (Å²) >= 11 is 0. The van der Waals surface area contributed by atoms with Crippen LogP contribution in [0.15, 0.2) is 42.5 Å². The molecule has 2 aromatic carbocycles. The summed E-state index contributed by atoms with van der Waals surface area (Å²) in [7, 11) is -2.24. The lowest BCUT2D eigenvalue weighted by Gasteiger charge is -2.34. The highest BCUT2D eigenvalue weighted by atomic mass is 32.2. The smallest absolute Gasteiger partial charge is 0.337 e. The molecule has 1 N–H and O–H groups in total. The van der Waals surface area contributed by atoms with Crippen molar-refractivity contribution in [3.63, 3.8) is 0 Å². The van der Waals surface area contributed by atoms with E-state index in [0.29, 0.717) is 38.2 Å². The van der Waals surface area contributed by atoms with Gasteiger partial charge < -0.3 is 9.72 Å². The standard InChI is InChI=1S/C22H23N3O4S/c1-29-22(26)16-6-7-20-18(12-16)19-14-25(11-9-21(19)23-20)30(27,28)24-10-8-15-4-2-3-5-17(15)13-24/h2-7,12,23H,8-11,13-14H2,1H3. The average Bonchev–Trinajstić information content (AvgIpc) is 3.15. The van der Waals surface area contributed by atoms with Gasteiger partial charge in [-0.15, -0.1) is 0 Å². The summed E-state index contributed by atoms with van der Waals surface area (Å²) in [6.07, 6.45) is 1.34. The van der Waals surface area contributed by atoms with Gasteiger partial charge in [0.15, 0.2) is 0 Å². The number of ether oxygens (including phenoxy) is 1. The van der Waals surface area contributed by atoms with Gasteiger partial charge >= 0.3 is 5.97 Å². The molecule has 0 fully saturated rings. The molecule has 0 aliphatic carbocycles. The number of benzene rings is 2. The maximum absolute atomic E-state index is 13.4. The van der Waals surface area contributed by atoms with Crippen LogP contribution in [0.3, 0.4) is 0 Å². The first-order valence-electron chi connectivity index (χ1n) is 10.0. The van der Waals surface area contributed by atoms with Crippen LogP contribution in [0.1, 0.15) is 32.7 Å². The van der Waals surface area contributed by atoms with Crippen molar-refractivity contribution in [1.29, 1.82) is 0 Å². The van der Waals surface area contributed by atoms with Crippen molar-refractivity contribution < 1.29 is 17.9 Å². The highest BCUT2D eigenvalue weighted by Gasteiger charge is 2.35. The van der Waals surface area contributed by atoms with Crippen LogP contribution in [0.25, 0.3) is 10.9 Å². The van der Waals surface area contributed by atoms with Crippen molar-refractivity contribution in [1.82, 2.24) is 13.6 Å². The van der Waals surface area contributed by atoms with E-state index in [9.17, 15) is 13.2 Å². The predicted molar refractivity (Wildman–Crippen MR) is 113 cm³/mol. The Morgan fingerprint density at radius 3 is 2.53 bits per heavy atom. The number of carbonyl (C=O) groups is 1. The Kier molecular flexibility index (Phi) is 4.65. The fourth-order valence-electron chi connectivity index (χ4n) is 4.46. The molecular formula is C22H23N3O4S. The third-order valence-electron chi connectivity index (χ3n) is 6.11. The molecule has 0 amide bonds. The van der Waals surface area contributed by atoms with Gasteiger partial charge in [0.25, 0.3) is 10.2 Å². The van der Waals surface area contributed by atoms with Crippen molar-refractivity contribution in [2.75, 3.05) is 20.2 Å². The lowest BCUT2D eigenvalue weighted by atomic mass is 10.0. The number of aromatic amines is 1. The number of hydrogen-bond acceptors (Lipinski definition) is 4. The number of fused-ring (bicyclic) bond motifs is 4. The summed E-state index contributed by atoms with van der Waals surface area (Å²) in [5, 5.41) is 0.872. The van der Waals surface area contributed by atoms with E-state index in [-0.39, 0.29) is 0 Å². The van der Waals surface area contributed by atoms with Crippen molar-refractivity contribution >= 4 is 27.1 Å². The lowest BCUT2D eigenvalue weighted by Crippen LogP contribution is -2.47. The molecule has 30 heavy (non-hydrogen) atoms. The number of carbonyl (C=O) groups excluding carboxylic acids is 1. The van der Waals surface area contributed by atoms with E-state index in [4.69, 9.17) is 4.74 Å². The molecule has 0 unspecified atom stereocenters. The Hall–Kier alpha value is -2.68. The molecule has 0 bridgehead atoms. The lowest BCUT2D eigenvalue weighted by molar-refractivity contribution is 0.0601. The molecule has 1 aromatic heterocycles. The fraction of sp³-hybridized carbons (Fsp3) is 0.318. The van der Waals surface area contributed by atoms with Crippen LogP contribution in [0.4, 0.5) is 0 Å². The second-order valence-electron chi connectivity index (χ2n) is 7.78. The summed E-state index contributed by atoms with van der Waals surface area (Å²) in [6.45, 7) is 1.62. The zero-order chi connectivity index (χ0) is 20.9. The second-order valence-corrected chi connectivity index (χ2v) is 9.71. The van der Waals surface area contributed by atoms with Crippen molar-refractivity contribution in [2.45, 2.75) is 25.9 Å². The number of H-pyrrole nitrogens is 1. The third-order valence-corrected chi connectivity index (χ3v) is 8.04. The van der Waals surface area contributed by atoms with Gasteiger partial charge in [-0.3, -0.25) is 0 Å². The Morgan fingerprint density at radius 2 is 1.73 bits per heavy atom. The largest absolute Gasteiger partial charge is 0.465 e. The molecule has 5 rings (SSSR count). The zero-order valence-corrected chi connectivity index (χ0v) is 17.5. The van der Waals surface area contributed by atoms with E-state index in [0.717, 1.165) is 34.1 Å². The fourth-order valence-corrected chi connectivity index (χ4v) is 6.03. The topological polar surface area (TPSA) is 82.7 Å². The van der Waals surface area contributed by atoms with Gasteiger partial charge in [-0.25, -0.2) is 4.79 Å². The van der Waals surface area contributed by atoms with E-state index in [1.54, 1.807) is 20.7 Å². The first-order chi connectivity index (χ1) is 14.5. The quantitative estimate of drug-likeness (QED) is 0.654. The molecular weight excluding hydrogens is 402 g/mol. The highest BCUT2D eigenvalue weighted by molar-refractivity contribution is 7.86. The summed E-state index contributed by atoms with van der Waals surface area (Å²) in [5.74, 6) is -0.404. The van der Waals surface area contributed by atoms with Gasteiger partial charge in [-0.1, -0.05) is 24.3 Å². The first-order valence-corrected chi connectivity index (χ1v) is 11.4. The number of aromatic nitrogens is 1. The Balaban J connectivity index is 1.45. The zero-order valence-electron chi connectivity index (χ0n) is 16.7. The van der Waals surface area contributed by atoms with Crippen LogP contribution < -0.4 is 0 Å². The predicted octanol–water partition coefficient (Wildman–Crippen LogP) is 2.62. The van der Waals surface area contributed by atoms with Crippen LogP contribution >= 0.6 is 0 Å². The van der Waals surface area contributed by atoms with Gasteiger partial charge in [0, 0.05) is 49.2 Å². The molecule has 2 aliphatic rings. The van der Waals surface area contributed by atoms with Crippen LogP contribution in [0.2, 0.25) is 0 Å². The number of methoxy groups -OCH3 is 1. The number of nitrogens with zero attached hydrogens (tertiary/aromatic N) is 2. The molecule has 7 nitrogen and oxygen atoms in total. The minimum atomic E-state index is -3.59. The van der Waals surface area contributed by atoms with Crippen molar-refractivity contribution in [2.24, 2.45) is 0 Å². The van der Waals surface area contributed by atoms with E-state index in [1.165, 1.54) is 12.7 Å². The molecule has 2 aliphatic heterocycles. The molecule has 3 heterocycles. The van der Waals surface area contributed by atoms with Crippen molar-refractivity contribution in [3.05, 3.63) is 70.4 Å². The highest BCUT2D eigenvalue weighted by Crippen LogP contribution is 2.31. The molecule has 0 atom stereocenters. The molecule has 3 aromatic rings. The molecule has 156 valence electrons. The number of hydrogen-bond donors (Lipinski definition) is 1. The Labute approximate surface area is 175 Å². The normalized spacial score (nSPS) is 17.5. The molecule has 0 saturated heterocycles. The molecule has 8 heteroatoms. The van der Waals surface area contributed by atoms with Gasteiger partial charge in [-0.05, 0) is 41.3 Å². The van der Waals surface area contributed by atoms with Crippen LogP contribution in [-0.2, 0) is 40.9 Å². The minimum Gasteiger partial charge on any atom is -0.465 e. The van der Waals surface area contributed by atoms with Gasteiger partial charge in [0.1, 0.15) is 0 Å². The minimum absolute atomic E-state index is 0.292. The summed E-state index contributed by atoms with van der Waals surface area (Å²) in [5.41, 5.74) is 5.61.